The Morgan fingerprint density at radius 2 is 1.55 bits per heavy atom. The number of hydrogen-bond acceptors (Lipinski definition) is 8. The number of phenolic OH excluding ortho intramolecular Hbond substituents is 1. The maximum absolute atomic E-state index is 13.4. The minimum atomic E-state index is -4.48. The summed E-state index contributed by atoms with van der Waals surface area (Å²) in [6.07, 6.45) is -5.94. The summed E-state index contributed by atoms with van der Waals surface area (Å²) < 4.78 is 41.0. The van der Waals surface area contributed by atoms with Crippen LogP contribution in [0.25, 0.3) is 5.65 Å². The highest BCUT2D eigenvalue weighted by Gasteiger charge is 2.41. The van der Waals surface area contributed by atoms with Crippen molar-refractivity contribution in [3.63, 3.8) is 0 Å². The van der Waals surface area contributed by atoms with Crippen molar-refractivity contribution in [2.75, 3.05) is 13.1 Å². The van der Waals surface area contributed by atoms with Gasteiger partial charge in [-0.1, -0.05) is 12.1 Å². The molecule has 42 heavy (non-hydrogen) atoms. The SMILES string of the molecule is Cc1cc(C(F)(F)F)n2nc(C3CCN(Cc4cc(C)c(O)c(C)c4)C3)cc2n1.O=C(O)CC(O)(CC(=O)O)C(=O)O. The van der Waals surface area contributed by atoms with E-state index in [4.69, 9.17) is 20.4 Å². The van der Waals surface area contributed by atoms with Crippen molar-refractivity contribution < 1.29 is 53.1 Å². The number of carboxylic acids is 3. The number of nitrogens with zero attached hydrogens (tertiary/aromatic N) is 4. The van der Waals surface area contributed by atoms with E-state index < -0.39 is 48.2 Å². The van der Waals surface area contributed by atoms with Gasteiger partial charge in [0, 0.05) is 30.8 Å². The molecule has 15 heteroatoms. The molecular weight excluding hydrogens is 565 g/mol. The Labute approximate surface area is 237 Å². The van der Waals surface area contributed by atoms with E-state index in [1.54, 1.807) is 13.0 Å². The van der Waals surface area contributed by atoms with Crippen LogP contribution in [0.15, 0.2) is 24.3 Å². The van der Waals surface area contributed by atoms with Gasteiger partial charge in [0.1, 0.15) is 11.4 Å². The number of aromatic hydroxyl groups is 1. The summed E-state index contributed by atoms with van der Waals surface area (Å²) in [5.74, 6) is -4.63. The smallest absolute Gasteiger partial charge is 0.433 e. The van der Waals surface area contributed by atoms with Gasteiger partial charge in [-0.3, -0.25) is 14.5 Å². The molecule has 0 saturated carbocycles. The second kappa shape index (κ2) is 12.3. The highest BCUT2D eigenvalue weighted by Crippen LogP contribution is 2.33. The van der Waals surface area contributed by atoms with E-state index in [1.807, 2.05) is 26.0 Å². The molecule has 4 rings (SSSR count). The average Bonchev–Trinajstić information content (AvgIpc) is 3.47. The van der Waals surface area contributed by atoms with Crippen molar-refractivity contribution in [1.29, 1.82) is 0 Å². The summed E-state index contributed by atoms with van der Waals surface area (Å²) in [6.45, 7) is 7.61. The molecule has 1 fully saturated rings. The van der Waals surface area contributed by atoms with Gasteiger partial charge in [-0.25, -0.2) is 14.3 Å². The summed E-state index contributed by atoms with van der Waals surface area (Å²) in [5.41, 5.74) is 0.473. The third-order valence-electron chi connectivity index (χ3n) is 6.80. The van der Waals surface area contributed by atoms with Crippen molar-refractivity contribution >= 4 is 23.6 Å². The zero-order chi connectivity index (χ0) is 31.6. The first-order valence-electron chi connectivity index (χ1n) is 12.7. The molecule has 0 aliphatic carbocycles. The number of aliphatic hydroxyl groups is 1. The normalized spacial score (nSPS) is 15.8. The van der Waals surface area contributed by atoms with Crippen LogP contribution in [0.5, 0.6) is 5.75 Å². The maximum atomic E-state index is 13.4. The van der Waals surface area contributed by atoms with Crippen LogP contribution in [-0.4, -0.2) is 81.6 Å². The Balaban J connectivity index is 0.000000316. The Kier molecular flexibility index (Phi) is 9.47. The lowest BCUT2D eigenvalue weighted by Gasteiger charge is -2.18. The quantitative estimate of drug-likeness (QED) is 0.257. The van der Waals surface area contributed by atoms with Crippen molar-refractivity contribution in [2.45, 2.75) is 64.3 Å². The van der Waals surface area contributed by atoms with Crippen LogP contribution in [0.1, 0.15) is 59.0 Å². The number of hydrogen-bond donors (Lipinski definition) is 5. The van der Waals surface area contributed by atoms with Crippen molar-refractivity contribution in [1.82, 2.24) is 19.5 Å². The first-order valence-corrected chi connectivity index (χ1v) is 12.7. The van der Waals surface area contributed by atoms with Gasteiger partial charge in [0.2, 0.25) is 0 Å². The van der Waals surface area contributed by atoms with E-state index in [-0.39, 0.29) is 11.6 Å². The van der Waals surface area contributed by atoms with E-state index >= 15 is 0 Å². The highest BCUT2D eigenvalue weighted by atomic mass is 19.4. The maximum Gasteiger partial charge on any atom is 0.433 e. The number of aliphatic carboxylic acids is 3. The molecule has 0 radical (unpaired) electrons. The molecule has 1 aliphatic heterocycles. The summed E-state index contributed by atoms with van der Waals surface area (Å²) >= 11 is 0. The molecule has 1 unspecified atom stereocenters. The Hall–Kier alpha value is -4.24. The molecule has 228 valence electrons. The minimum absolute atomic E-state index is 0.0670. The van der Waals surface area contributed by atoms with Crippen LogP contribution >= 0.6 is 0 Å². The summed E-state index contributed by atoms with van der Waals surface area (Å²) in [7, 11) is 0. The number of aromatic nitrogens is 3. The number of likely N-dealkylation sites (tertiary alicyclic amines) is 1. The van der Waals surface area contributed by atoms with Crippen molar-refractivity contribution in [3.05, 3.63) is 58.0 Å². The first kappa shape index (κ1) is 32.3. The van der Waals surface area contributed by atoms with E-state index in [2.05, 4.69) is 15.0 Å². The first-order chi connectivity index (χ1) is 19.4. The zero-order valence-corrected chi connectivity index (χ0v) is 23.0. The number of fused-ring (bicyclic) bond motifs is 1. The van der Waals surface area contributed by atoms with Gasteiger partial charge in [-0.2, -0.15) is 18.3 Å². The molecule has 1 atom stereocenters. The number of benzene rings is 1. The van der Waals surface area contributed by atoms with Crippen LogP contribution in [0.4, 0.5) is 13.2 Å². The minimum Gasteiger partial charge on any atom is -0.507 e. The van der Waals surface area contributed by atoms with Gasteiger partial charge in [-0.05, 0) is 56.5 Å². The van der Waals surface area contributed by atoms with E-state index in [0.29, 0.717) is 17.1 Å². The predicted molar refractivity (Wildman–Crippen MR) is 140 cm³/mol. The number of halogens is 3. The van der Waals surface area contributed by atoms with Crippen molar-refractivity contribution in [2.24, 2.45) is 0 Å². The van der Waals surface area contributed by atoms with Crippen LogP contribution < -0.4 is 0 Å². The van der Waals surface area contributed by atoms with E-state index in [1.165, 1.54) is 0 Å². The Bertz CT molecular complexity index is 1470. The molecule has 3 aromatic rings. The monoisotopic (exact) mass is 596 g/mol. The molecule has 1 aromatic carbocycles. The molecule has 0 spiro atoms. The highest BCUT2D eigenvalue weighted by molar-refractivity contribution is 5.88. The molecule has 2 aromatic heterocycles. The van der Waals surface area contributed by atoms with Gasteiger partial charge in [0.05, 0.1) is 18.5 Å². The average molecular weight is 597 g/mol. The topological polar surface area (TPSA) is 186 Å². The van der Waals surface area contributed by atoms with Crippen LogP contribution in [0, 0.1) is 20.8 Å². The number of alkyl halides is 3. The molecule has 3 heterocycles. The lowest BCUT2D eigenvalue weighted by molar-refractivity contribution is -0.170. The van der Waals surface area contributed by atoms with Gasteiger partial charge in [0.15, 0.2) is 11.2 Å². The molecule has 5 N–H and O–H groups in total. The molecule has 1 saturated heterocycles. The van der Waals surface area contributed by atoms with Crippen LogP contribution in [0.3, 0.4) is 0 Å². The number of phenols is 1. The number of carbonyl (C=O) groups is 3. The predicted octanol–water partition coefficient (Wildman–Crippen LogP) is 3.12. The van der Waals surface area contributed by atoms with Gasteiger partial charge in [-0.15, -0.1) is 0 Å². The molecular formula is C27H31F3N4O8. The summed E-state index contributed by atoms with van der Waals surface area (Å²) in [5, 5.41) is 48.0. The molecule has 1 aliphatic rings. The van der Waals surface area contributed by atoms with E-state index in [9.17, 15) is 32.7 Å². The number of aryl methyl sites for hydroxylation is 3. The third-order valence-corrected chi connectivity index (χ3v) is 6.80. The Morgan fingerprint density at radius 1 is 0.976 bits per heavy atom. The van der Waals surface area contributed by atoms with Gasteiger partial charge >= 0.3 is 24.1 Å². The standard InChI is InChI=1S/C21H23F3N4O.C6H8O7/c1-12-6-15(7-13(2)20(12)29)10-27-5-4-16(11-27)17-9-19-25-14(3)8-18(21(22,23)24)28(19)26-17;7-3(8)1-6(13,5(11)12)2-4(9)10/h6-9,16,29H,4-5,10-11H2,1-3H3;13H,1-2H2,(H,7,8)(H,9,10)(H,11,12). The van der Waals surface area contributed by atoms with Gasteiger partial charge in [0.25, 0.3) is 0 Å². The number of rotatable bonds is 8. The van der Waals surface area contributed by atoms with Crippen LogP contribution in [0.2, 0.25) is 0 Å². The second-order valence-corrected chi connectivity index (χ2v) is 10.4. The fourth-order valence-electron chi connectivity index (χ4n) is 4.85. The van der Waals surface area contributed by atoms with Crippen LogP contribution in [-0.2, 0) is 27.1 Å². The summed E-state index contributed by atoms with van der Waals surface area (Å²) in [4.78, 5) is 37.0. The van der Waals surface area contributed by atoms with Crippen molar-refractivity contribution in [3.8, 4) is 5.75 Å². The Morgan fingerprint density at radius 3 is 2.05 bits per heavy atom. The third kappa shape index (κ3) is 7.73. The van der Waals surface area contributed by atoms with Gasteiger partial charge < -0.3 is 25.5 Å². The molecule has 12 nitrogen and oxygen atoms in total. The fraction of sp³-hybridized carbons (Fsp3) is 0.444. The molecule has 0 bridgehead atoms. The second-order valence-electron chi connectivity index (χ2n) is 10.4. The van der Waals surface area contributed by atoms with E-state index in [0.717, 1.165) is 53.3 Å². The zero-order valence-electron chi connectivity index (χ0n) is 23.0. The fourth-order valence-corrected chi connectivity index (χ4v) is 4.85. The molecule has 0 amide bonds. The lowest BCUT2D eigenvalue weighted by Crippen LogP contribution is -2.42. The summed E-state index contributed by atoms with van der Waals surface area (Å²) in [6, 6.07) is 6.65. The number of carboxylic acid groups (broad SMARTS) is 3. The largest absolute Gasteiger partial charge is 0.507 e. The lowest BCUT2D eigenvalue weighted by atomic mass is 9.96.